The van der Waals surface area contributed by atoms with Gasteiger partial charge in [0, 0.05) is 30.8 Å². The second-order valence-electron chi connectivity index (χ2n) is 9.49. The molecule has 0 bridgehead atoms. The highest BCUT2D eigenvalue weighted by Crippen LogP contribution is 2.11. The maximum absolute atomic E-state index is 12.6. The lowest BCUT2D eigenvalue weighted by atomic mass is 10.1. The Balaban J connectivity index is 1.77. The third-order valence-electron chi connectivity index (χ3n) is 6.12. The summed E-state index contributed by atoms with van der Waals surface area (Å²) in [5.41, 5.74) is 0.938. The van der Waals surface area contributed by atoms with Crippen molar-refractivity contribution in [2.75, 3.05) is 11.9 Å². The molecular formula is C27H35N5O9. The van der Waals surface area contributed by atoms with E-state index in [2.05, 4.69) is 21.3 Å². The molecule has 0 unspecified atom stereocenters. The zero-order valence-corrected chi connectivity index (χ0v) is 22.8. The van der Waals surface area contributed by atoms with Gasteiger partial charge in [-0.15, -0.1) is 0 Å². The maximum Gasteiger partial charge on any atom is 0.305 e. The second kappa shape index (κ2) is 15.9. The van der Waals surface area contributed by atoms with E-state index in [-0.39, 0.29) is 31.4 Å². The molecule has 1 heterocycles. The number of carbonyl (C=O) groups is 7. The number of nitrogens with zero attached hydrogens (tertiary/aromatic N) is 1. The Labute approximate surface area is 236 Å². The Morgan fingerprint density at radius 1 is 0.805 bits per heavy atom. The molecule has 1 aromatic rings. The molecule has 0 saturated heterocycles. The molecule has 0 radical (unpaired) electrons. The van der Waals surface area contributed by atoms with Crippen LogP contribution in [0.4, 0.5) is 5.69 Å². The fourth-order valence-corrected chi connectivity index (χ4v) is 3.77. The smallest absolute Gasteiger partial charge is 0.305 e. The van der Waals surface area contributed by atoms with E-state index in [0.29, 0.717) is 30.5 Å². The predicted octanol–water partition coefficient (Wildman–Crippen LogP) is -0.428. The number of hydrogen-bond donors (Lipinski definition) is 6. The van der Waals surface area contributed by atoms with Gasteiger partial charge >= 0.3 is 5.97 Å². The number of carboxylic acids is 1. The van der Waals surface area contributed by atoms with Gasteiger partial charge in [0.15, 0.2) is 0 Å². The van der Waals surface area contributed by atoms with E-state index in [4.69, 9.17) is 5.11 Å². The van der Waals surface area contributed by atoms with Crippen LogP contribution in [0.2, 0.25) is 0 Å². The monoisotopic (exact) mass is 573 g/mol. The molecule has 41 heavy (non-hydrogen) atoms. The van der Waals surface area contributed by atoms with Gasteiger partial charge in [-0.2, -0.15) is 0 Å². The minimum absolute atomic E-state index is 0.114. The summed E-state index contributed by atoms with van der Waals surface area (Å²) in [5.74, 6) is -4.70. The SMILES string of the molecule is C[C@H](NC(=O)CCCCCN1C(=O)C=CC1=O)C(=O)N[C@H](C)C(=O)N[C@@H](CC(=O)O)C(=O)Nc1ccc(CO)cc1. The second-order valence-corrected chi connectivity index (χ2v) is 9.49. The highest BCUT2D eigenvalue weighted by Gasteiger charge is 2.28. The lowest BCUT2D eigenvalue weighted by Gasteiger charge is -2.21. The van der Waals surface area contributed by atoms with Crippen LogP contribution in [0.15, 0.2) is 36.4 Å². The number of hydrogen-bond acceptors (Lipinski definition) is 8. The van der Waals surface area contributed by atoms with Crippen molar-refractivity contribution in [3.8, 4) is 0 Å². The number of aliphatic hydroxyl groups excluding tert-OH is 1. The van der Waals surface area contributed by atoms with Gasteiger partial charge in [-0.1, -0.05) is 18.6 Å². The molecular weight excluding hydrogens is 538 g/mol. The van der Waals surface area contributed by atoms with Gasteiger partial charge in [0.05, 0.1) is 13.0 Å². The van der Waals surface area contributed by atoms with Crippen molar-refractivity contribution in [3.63, 3.8) is 0 Å². The predicted molar refractivity (Wildman–Crippen MR) is 145 cm³/mol. The molecule has 6 amide bonds. The van der Waals surface area contributed by atoms with Crippen LogP contribution in [0.5, 0.6) is 0 Å². The molecule has 0 aliphatic carbocycles. The van der Waals surface area contributed by atoms with E-state index in [1.807, 2.05) is 0 Å². The fraction of sp³-hybridized carbons (Fsp3) is 0.444. The van der Waals surface area contributed by atoms with Gasteiger partial charge in [0.25, 0.3) is 11.8 Å². The van der Waals surface area contributed by atoms with Crippen LogP contribution >= 0.6 is 0 Å². The third kappa shape index (κ3) is 10.8. The number of benzene rings is 1. The molecule has 6 N–H and O–H groups in total. The van der Waals surface area contributed by atoms with Crippen LogP contribution in [-0.2, 0) is 40.2 Å². The Morgan fingerprint density at radius 3 is 1.98 bits per heavy atom. The number of carbonyl (C=O) groups excluding carboxylic acids is 6. The summed E-state index contributed by atoms with van der Waals surface area (Å²) in [4.78, 5) is 85.4. The standard InChI is InChI=1S/C27H35N5O9/c1-16(28-21(34)6-4-3-5-13-32-22(35)11-12-23(32)36)25(39)29-17(2)26(40)31-20(14-24(37)38)27(41)30-19-9-7-18(15-33)8-10-19/h7-12,16-17,20,33H,3-6,13-15H2,1-2H3,(H,28,34)(H,29,39)(H,30,41)(H,31,40)(H,37,38)/t16-,17+,20-/m0/s1. The molecule has 1 aliphatic heterocycles. The summed E-state index contributed by atoms with van der Waals surface area (Å²) in [7, 11) is 0. The molecule has 0 saturated carbocycles. The van der Waals surface area contributed by atoms with Crippen molar-refractivity contribution in [2.45, 2.75) is 70.7 Å². The van der Waals surface area contributed by atoms with Gasteiger partial charge in [-0.3, -0.25) is 38.5 Å². The van der Waals surface area contributed by atoms with Gasteiger partial charge in [0.2, 0.25) is 23.6 Å². The molecule has 2 rings (SSSR count). The first kappa shape index (κ1) is 32.6. The van der Waals surface area contributed by atoms with Gasteiger partial charge in [0.1, 0.15) is 18.1 Å². The quantitative estimate of drug-likeness (QED) is 0.112. The van der Waals surface area contributed by atoms with Crippen LogP contribution in [-0.4, -0.2) is 81.2 Å². The first-order valence-corrected chi connectivity index (χ1v) is 13.1. The van der Waals surface area contributed by atoms with Crippen molar-refractivity contribution in [1.29, 1.82) is 0 Å². The number of imide groups is 1. The summed E-state index contributed by atoms with van der Waals surface area (Å²) in [6, 6.07) is 2.59. The number of unbranched alkanes of at least 4 members (excludes halogenated alkanes) is 2. The lowest BCUT2D eigenvalue weighted by molar-refractivity contribution is -0.140. The van der Waals surface area contributed by atoms with Gasteiger partial charge in [-0.05, 0) is 44.4 Å². The van der Waals surface area contributed by atoms with Crippen molar-refractivity contribution in [2.24, 2.45) is 0 Å². The Bertz CT molecular complexity index is 1160. The Morgan fingerprint density at radius 2 is 1.39 bits per heavy atom. The van der Waals surface area contributed by atoms with Crippen LogP contribution in [0.25, 0.3) is 0 Å². The lowest BCUT2D eigenvalue weighted by Crippen LogP contribution is -2.55. The molecule has 0 spiro atoms. The zero-order valence-electron chi connectivity index (χ0n) is 22.8. The first-order chi connectivity index (χ1) is 19.4. The summed E-state index contributed by atoms with van der Waals surface area (Å²) in [6.07, 6.45) is 3.41. The van der Waals surface area contributed by atoms with Crippen molar-refractivity contribution in [1.82, 2.24) is 20.9 Å². The minimum Gasteiger partial charge on any atom is -0.481 e. The number of aliphatic carboxylic acids is 1. The normalized spacial score (nSPS) is 14.7. The van der Waals surface area contributed by atoms with E-state index < -0.39 is 54.1 Å². The topological polar surface area (TPSA) is 211 Å². The molecule has 3 atom stereocenters. The molecule has 14 heteroatoms. The highest BCUT2D eigenvalue weighted by molar-refractivity contribution is 6.12. The molecule has 14 nitrogen and oxygen atoms in total. The minimum atomic E-state index is -1.44. The molecule has 1 aromatic carbocycles. The number of aliphatic hydroxyl groups is 1. The summed E-state index contributed by atoms with van der Waals surface area (Å²) >= 11 is 0. The molecule has 222 valence electrons. The van der Waals surface area contributed by atoms with E-state index in [1.165, 1.54) is 38.1 Å². The summed E-state index contributed by atoms with van der Waals surface area (Å²) in [6.45, 7) is 2.84. The van der Waals surface area contributed by atoms with Crippen LogP contribution in [0.1, 0.15) is 51.5 Å². The van der Waals surface area contributed by atoms with E-state index in [9.17, 15) is 38.7 Å². The van der Waals surface area contributed by atoms with Gasteiger partial charge in [-0.25, -0.2) is 0 Å². The van der Waals surface area contributed by atoms with Crippen LogP contribution in [0.3, 0.4) is 0 Å². The Hall–Kier alpha value is -4.59. The average Bonchev–Trinajstić information content (AvgIpc) is 3.24. The number of amides is 6. The van der Waals surface area contributed by atoms with E-state index >= 15 is 0 Å². The van der Waals surface area contributed by atoms with E-state index in [1.54, 1.807) is 12.1 Å². The zero-order chi connectivity index (χ0) is 30.5. The molecule has 1 aliphatic rings. The van der Waals surface area contributed by atoms with Crippen molar-refractivity contribution < 1.29 is 43.8 Å². The van der Waals surface area contributed by atoms with Gasteiger partial charge < -0.3 is 31.5 Å². The van der Waals surface area contributed by atoms with Crippen LogP contribution in [0, 0.1) is 0 Å². The number of anilines is 1. The average molecular weight is 574 g/mol. The largest absolute Gasteiger partial charge is 0.481 e. The summed E-state index contributed by atoms with van der Waals surface area (Å²) in [5, 5.41) is 28.1. The Kier molecular flexibility index (Phi) is 12.6. The number of carboxylic acid groups (broad SMARTS) is 1. The number of rotatable bonds is 16. The number of nitrogens with one attached hydrogen (secondary N) is 4. The maximum atomic E-state index is 12.6. The molecule has 0 aromatic heterocycles. The fourth-order valence-electron chi connectivity index (χ4n) is 3.77. The van der Waals surface area contributed by atoms with E-state index in [0.717, 1.165) is 4.90 Å². The molecule has 0 fully saturated rings. The highest BCUT2D eigenvalue weighted by atomic mass is 16.4. The van der Waals surface area contributed by atoms with Crippen LogP contribution < -0.4 is 21.3 Å². The van der Waals surface area contributed by atoms with Crippen molar-refractivity contribution >= 4 is 47.1 Å². The third-order valence-corrected chi connectivity index (χ3v) is 6.12. The summed E-state index contributed by atoms with van der Waals surface area (Å²) < 4.78 is 0. The first-order valence-electron chi connectivity index (χ1n) is 13.1. The van der Waals surface area contributed by atoms with Crippen molar-refractivity contribution in [3.05, 3.63) is 42.0 Å².